The number of amides is 1. The van der Waals surface area contributed by atoms with Gasteiger partial charge in [0, 0.05) is 23.2 Å². The van der Waals surface area contributed by atoms with E-state index in [1.807, 2.05) is 0 Å². The van der Waals surface area contributed by atoms with Crippen LogP contribution >= 0.6 is 11.6 Å². The molecule has 22 heavy (non-hydrogen) atoms. The normalized spacial score (nSPS) is 10.6. The van der Waals surface area contributed by atoms with Crippen molar-refractivity contribution in [1.29, 1.82) is 0 Å². The molecule has 1 aromatic heterocycles. The molecular weight excluding hydrogens is 304 g/mol. The Morgan fingerprint density at radius 2 is 1.91 bits per heavy atom. The summed E-state index contributed by atoms with van der Waals surface area (Å²) in [6, 6.07) is 11.7. The zero-order valence-corrected chi connectivity index (χ0v) is 12.3. The molecule has 6 heteroatoms. The number of rotatable bonds is 2. The second-order valence-corrected chi connectivity index (χ2v) is 5.16. The topological polar surface area (TPSA) is 72.2 Å². The Morgan fingerprint density at radius 1 is 1.18 bits per heavy atom. The number of nitrogens with one attached hydrogen (secondary N) is 1. The van der Waals surface area contributed by atoms with Gasteiger partial charge in [0.25, 0.3) is 0 Å². The van der Waals surface area contributed by atoms with Crippen molar-refractivity contribution in [2.75, 3.05) is 5.32 Å². The van der Waals surface area contributed by atoms with Crippen LogP contribution < -0.4 is 10.9 Å². The zero-order valence-electron chi connectivity index (χ0n) is 11.6. The first-order valence-electron chi connectivity index (χ1n) is 6.51. The van der Waals surface area contributed by atoms with Crippen LogP contribution in [0.2, 0.25) is 5.02 Å². The number of carbonyl (C=O) groups excluding carboxylic acids is 1. The van der Waals surface area contributed by atoms with Gasteiger partial charge in [-0.05, 0) is 42.5 Å². The van der Waals surface area contributed by atoms with Gasteiger partial charge in [0.15, 0.2) is 0 Å². The van der Waals surface area contributed by atoms with E-state index in [0.29, 0.717) is 27.2 Å². The lowest BCUT2D eigenvalue weighted by atomic mass is 10.2. The average Bonchev–Trinajstić information content (AvgIpc) is 2.46. The monoisotopic (exact) mass is 314 g/mol. The highest BCUT2D eigenvalue weighted by atomic mass is 35.5. The summed E-state index contributed by atoms with van der Waals surface area (Å²) in [5, 5.41) is 3.54. The molecule has 0 aliphatic rings. The van der Waals surface area contributed by atoms with Crippen LogP contribution in [-0.2, 0) is 4.79 Å². The second-order valence-electron chi connectivity index (χ2n) is 4.73. The number of benzene rings is 2. The summed E-state index contributed by atoms with van der Waals surface area (Å²) in [6.07, 6.45) is 0. The Morgan fingerprint density at radius 3 is 2.59 bits per heavy atom. The number of carbonyl (C=O) groups is 1. The zero-order chi connectivity index (χ0) is 15.7. The van der Waals surface area contributed by atoms with Crippen molar-refractivity contribution in [2.24, 2.45) is 0 Å². The van der Waals surface area contributed by atoms with Gasteiger partial charge in [-0.1, -0.05) is 11.6 Å². The lowest BCUT2D eigenvalue weighted by Gasteiger charge is -2.04. The SMILES string of the molecule is CC(=O)Nc1ccc(-c2nc3cc(Cl)ccc3c(=O)o2)cc1. The van der Waals surface area contributed by atoms with E-state index in [1.165, 1.54) is 6.92 Å². The Labute approximate surface area is 130 Å². The third-order valence-corrected chi connectivity index (χ3v) is 3.28. The van der Waals surface area contributed by atoms with Gasteiger partial charge in [0.1, 0.15) is 0 Å². The van der Waals surface area contributed by atoms with Crippen LogP contribution in [-0.4, -0.2) is 10.9 Å². The van der Waals surface area contributed by atoms with Gasteiger partial charge in [0.05, 0.1) is 10.9 Å². The second kappa shape index (κ2) is 5.61. The Balaban J connectivity index is 2.06. The van der Waals surface area contributed by atoms with Crippen LogP contribution in [0.15, 0.2) is 51.7 Å². The lowest BCUT2D eigenvalue weighted by Crippen LogP contribution is -2.05. The number of anilines is 1. The standard InChI is InChI=1S/C16H11ClN2O3/c1-9(20)18-12-5-2-10(3-6-12)15-19-14-8-11(17)4-7-13(14)16(21)22-15/h2-8H,1H3,(H,18,20). The molecule has 2 aromatic carbocycles. The van der Waals surface area contributed by atoms with Crippen molar-refractivity contribution in [2.45, 2.75) is 6.92 Å². The maximum Gasteiger partial charge on any atom is 0.347 e. The molecule has 0 unspecified atom stereocenters. The van der Waals surface area contributed by atoms with Crippen molar-refractivity contribution >= 4 is 34.1 Å². The van der Waals surface area contributed by atoms with Gasteiger partial charge < -0.3 is 9.73 Å². The first kappa shape index (κ1) is 14.3. The Kier molecular flexibility index (Phi) is 3.65. The Hall–Kier alpha value is -2.66. The van der Waals surface area contributed by atoms with Gasteiger partial charge >= 0.3 is 5.63 Å². The van der Waals surface area contributed by atoms with Crippen molar-refractivity contribution in [3.8, 4) is 11.5 Å². The number of halogens is 1. The molecule has 0 aliphatic heterocycles. The number of nitrogens with zero attached hydrogens (tertiary/aromatic N) is 1. The van der Waals surface area contributed by atoms with Crippen LogP contribution in [0.1, 0.15) is 6.92 Å². The number of hydrogen-bond acceptors (Lipinski definition) is 4. The van der Waals surface area contributed by atoms with E-state index >= 15 is 0 Å². The van der Waals surface area contributed by atoms with Crippen LogP contribution in [0.4, 0.5) is 5.69 Å². The number of hydrogen-bond donors (Lipinski definition) is 1. The molecule has 110 valence electrons. The average molecular weight is 315 g/mol. The lowest BCUT2D eigenvalue weighted by molar-refractivity contribution is -0.114. The van der Waals surface area contributed by atoms with E-state index < -0.39 is 5.63 Å². The molecule has 0 bridgehead atoms. The summed E-state index contributed by atoms with van der Waals surface area (Å²) in [7, 11) is 0. The molecule has 0 atom stereocenters. The summed E-state index contributed by atoms with van der Waals surface area (Å²) in [5.41, 5.74) is 1.29. The maximum absolute atomic E-state index is 12.0. The summed E-state index contributed by atoms with van der Waals surface area (Å²) in [6.45, 7) is 1.43. The molecule has 5 nitrogen and oxygen atoms in total. The maximum atomic E-state index is 12.0. The summed E-state index contributed by atoms with van der Waals surface area (Å²) >= 11 is 5.93. The van der Waals surface area contributed by atoms with Gasteiger partial charge in [-0.2, -0.15) is 0 Å². The van der Waals surface area contributed by atoms with Crippen molar-refractivity contribution in [3.05, 3.63) is 57.9 Å². The molecule has 0 saturated heterocycles. The van der Waals surface area contributed by atoms with Crippen LogP contribution in [0, 0.1) is 0 Å². The van der Waals surface area contributed by atoms with Gasteiger partial charge in [-0.3, -0.25) is 4.79 Å². The quantitative estimate of drug-likeness (QED) is 0.786. The highest BCUT2D eigenvalue weighted by Gasteiger charge is 2.09. The summed E-state index contributed by atoms with van der Waals surface area (Å²) in [4.78, 5) is 27.3. The van der Waals surface area contributed by atoms with Gasteiger partial charge in [-0.25, -0.2) is 9.78 Å². The predicted molar refractivity (Wildman–Crippen MR) is 85.0 cm³/mol. The fourth-order valence-electron chi connectivity index (χ4n) is 2.07. The smallest absolute Gasteiger partial charge is 0.347 e. The third-order valence-electron chi connectivity index (χ3n) is 3.04. The molecule has 3 rings (SSSR count). The van der Waals surface area contributed by atoms with Crippen molar-refractivity contribution < 1.29 is 9.21 Å². The molecule has 0 radical (unpaired) electrons. The van der Waals surface area contributed by atoms with Gasteiger partial charge in [-0.15, -0.1) is 0 Å². The predicted octanol–water partition coefficient (Wildman–Crippen LogP) is 3.47. The van der Waals surface area contributed by atoms with Crippen LogP contribution in [0.5, 0.6) is 0 Å². The molecule has 3 aromatic rings. The van der Waals surface area contributed by atoms with Crippen molar-refractivity contribution in [1.82, 2.24) is 4.98 Å². The minimum Gasteiger partial charge on any atom is -0.403 e. The largest absolute Gasteiger partial charge is 0.403 e. The molecule has 0 fully saturated rings. The van der Waals surface area contributed by atoms with E-state index in [0.717, 1.165) is 0 Å². The number of aromatic nitrogens is 1. The van der Waals surface area contributed by atoms with E-state index in [-0.39, 0.29) is 11.8 Å². The fourth-order valence-corrected chi connectivity index (χ4v) is 2.23. The fraction of sp³-hybridized carbons (Fsp3) is 0.0625. The minimum atomic E-state index is -0.470. The minimum absolute atomic E-state index is 0.155. The van der Waals surface area contributed by atoms with E-state index in [2.05, 4.69) is 10.3 Å². The molecule has 1 heterocycles. The molecule has 0 saturated carbocycles. The summed E-state index contributed by atoms with van der Waals surface area (Å²) in [5.74, 6) is 0.0481. The molecule has 0 spiro atoms. The molecular formula is C16H11ClN2O3. The van der Waals surface area contributed by atoms with Crippen LogP contribution in [0.3, 0.4) is 0 Å². The van der Waals surface area contributed by atoms with E-state index in [4.69, 9.17) is 16.0 Å². The number of fused-ring (bicyclic) bond motifs is 1. The van der Waals surface area contributed by atoms with Gasteiger partial charge in [0.2, 0.25) is 11.8 Å². The Bertz CT molecular complexity index is 917. The van der Waals surface area contributed by atoms with E-state index in [1.54, 1.807) is 42.5 Å². The summed E-state index contributed by atoms with van der Waals surface area (Å²) < 4.78 is 5.24. The molecule has 0 aliphatic carbocycles. The highest BCUT2D eigenvalue weighted by molar-refractivity contribution is 6.31. The van der Waals surface area contributed by atoms with Crippen molar-refractivity contribution in [3.63, 3.8) is 0 Å². The van der Waals surface area contributed by atoms with E-state index in [9.17, 15) is 9.59 Å². The third kappa shape index (κ3) is 2.84. The molecule has 1 amide bonds. The first-order chi connectivity index (χ1) is 10.5. The highest BCUT2D eigenvalue weighted by Crippen LogP contribution is 2.22. The van der Waals surface area contributed by atoms with Crippen LogP contribution in [0.25, 0.3) is 22.4 Å². The first-order valence-corrected chi connectivity index (χ1v) is 6.89. The molecule has 1 N–H and O–H groups in total.